The molecule has 6 rings (SSSR count). The van der Waals surface area contributed by atoms with Gasteiger partial charge in [0.2, 0.25) is 0 Å². The monoisotopic (exact) mass is 520 g/mol. The summed E-state index contributed by atoms with van der Waals surface area (Å²) in [6.07, 6.45) is -1.22. The van der Waals surface area contributed by atoms with Gasteiger partial charge in [-0.25, -0.2) is 0 Å². The van der Waals surface area contributed by atoms with E-state index in [1.54, 1.807) is 0 Å². The molecule has 39 heavy (non-hydrogen) atoms. The van der Waals surface area contributed by atoms with Gasteiger partial charge in [0.25, 0.3) is 0 Å². The summed E-state index contributed by atoms with van der Waals surface area (Å²) >= 11 is 0. The Morgan fingerprint density at radius 1 is 0.308 bits per heavy atom. The molecule has 2 heteroatoms. The molecule has 0 fully saturated rings. The SMILES string of the molecule is C[PH+](c1ccccc1)c1ccccc1.c1ccc([B-](c2ccccc2)(c2ccccc2)c2ccccc2)cc1. The molecule has 0 N–H and O–H groups in total. The highest BCUT2D eigenvalue weighted by Gasteiger charge is 2.31. The molecule has 190 valence electrons. The molecule has 0 amide bonds. The fraction of sp³-hybridized carbons (Fsp3) is 0.0270. The highest BCUT2D eigenvalue weighted by Crippen LogP contribution is 2.27. The van der Waals surface area contributed by atoms with Gasteiger partial charge in [-0.05, 0) is 24.3 Å². The van der Waals surface area contributed by atoms with Crippen molar-refractivity contribution in [3.8, 4) is 0 Å². The van der Waals surface area contributed by atoms with Gasteiger partial charge in [0.15, 0.2) is 0 Å². The normalized spacial score (nSPS) is 10.9. The van der Waals surface area contributed by atoms with Crippen LogP contribution in [0.2, 0.25) is 0 Å². The molecule has 0 heterocycles. The lowest BCUT2D eigenvalue weighted by Crippen LogP contribution is -2.74. The van der Waals surface area contributed by atoms with Gasteiger partial charge in [-0.1, -0.05) is 158 Å². The zero-order valence-electron chi connectivity index (χ0n) is 22.4. The van der Waals surface area contributed by atoms with E-state index in [1.165, 1.54) is 32.5 Å². The highest BCUT2D eigenvalue weighted by molar-refractivity contribution is 7.72. The molecule has 0 spiro atoms. The van der Waals surface area contributed by atoms with Gasteiger partial charge in [0, 0.05) is 0 Å². The van der Waals surface area contributed by atoms with E-state index in [1.807, 2.05) is 0 Å². The van der Waals surface area contributed by atoms with Crippen LogP contribution in [0.25, 0.3) is 0 Å². The second kappa shape index (κ2) is 13.1. The van der Waals surface area contributed by atoms with Crippen molar-refractivity contribution in [1.82, 2.24) is 0 Å². The quantitative estimate of drug-likeness (QED) is 0.200. The first kappa shape index (κ1) is 26.4. The van der Waals surface area contributed by atoms with Gasteiger partial charge in [0.05, 0.1) is 25.2 Å². The Balaban J connectivity index is 0.000000186. The van der Waals surface area contributed by atoms with Crippen molar-refractivity contribution in [2.45, 2.75) is 0 Å². The predicted molar refractivity (Wildman–Crippen MR) is 176 cm³/mol. The minimum absolute atomic E-state index is 0.545. The highest BCUT2D eigenvalue weighted by atomic mass is 31.1. The predicted octanol–water partition coefficient (Wildman–Crippen LogP) is 5.55. The third kappa shape index (κ3) is 5.95. The second-order valence-corrected chi connectivity index (χ2v) is 12.3. The van der Waals surface area contributed by atoms with Crippen LogP contribution in [0, 0.1) is 0 Å². The molecule has 0 aliphatic carbocycles. The fourth-order valence-electron chi connectivity index (χ4n) is 5.66. The van der Waals surface area contributed by atoms with E-state index in [0.29, 0.717) is 0 Å². The second-order valence-electron chi connectivity index (χ2n) is 9.87. The average molecular weight is 520 g/mol. The Morgan fingerprint density at radius 3 is 0.744 bits per heavy atom. The molecule has 0 nitrogen and oxygen atoms in total. The maximum absolute atomic E-state index is 2.34. The first-order chi connectivity index (χ1) is 19.3. The molecule has 6 aromatic carbocycles. The lowest BCUT2D eigenvalue weighted by Gasteiger charge is -2.44. The van der Waals surface area contributed by atoms with Crippen molar-refractivity contribution in [3.63, 3.8) is 0 Å². The smallest absolute Gasteiger partial charge is 0.108 e. The molecule has 0 bridgehead atoms. The van der Waals surface area contributed by atoms with Crippen molar-refractivity contribution < 1.29 is 0 Å². The van der Waals surface area contributed by atoms with Gasteiger partial charge >= 0.3 is 0 Å². The van der Waals surface area contributed by atoms with Crippen LogP contribution in [-0.2, 0) is 0 Å². The largest absolute Gasteiger partial charge is 0.195 e. The first-order valence-corrected chi connectivity index (χ1v) is 15.6. The molecular formula is C37H34BP. The van der Waals surface area contributed by atoms with E-state index < -0.39 is 14.1 Å². The van der Waals surface area contributed by atoms with Crippen molar-refractivity contribution in [3.05, 3.63) is 182 Å². The Hall–Kier alpha value is -4.19. The molecule has 0 unspecified atom stereocenters. The van der Waals surface area contributed by atoms with Crippen LogP contribution in [-0.4, -0.2) is 12.8 Å². The van der Waals surface area contributed by atoms with Crippen molar-refractivity contribution >= 4 is 46.5 Å². The molecule has 0 atom stereocenters. The molecule has 0 aromatic heterocycles. The van der Waals surface area contributed by atoms with Crippen LogP contribution >= 0.6 is 7.92 Å². The number of rotatable bonds is 6. The van der Waals surface area contributed by atoms with Gasteiger partial charge in [-0.2, -0.15) is 21.9 Å². The summed E-state index contributed by atoms with van der Waals surface area (Å²) in [6, 6.07) is 65.0. The van der Waals surface area contributed by atoms with Crippen LogP contribution in [0.15, 0.2) is 182 Å². The fourth-order valence-corrected chi connectivity index (χ4v) is 7.38. The van der Waals surface area contributed by atoms with Gasteiger partial charge < -0.3 is 0 Å². The van der Waals surface area contributed by atoms with E-state index in [-0.39, 0.29) is 0 Å². The van der Waals surface area contributed by atoms with Gasteiger partial charge in [-0.3, -0.25) is 0 Å². The molecule has 0 saturated heterocycles. The van der Waals surface area contributed by atoms with Crippen LogP contribution in [0.5, 0.6) is 0 Å². The zero-order chi connectivity index (χ0) is 26.8. The number of hydrogen-bond donors (Lipinski definition) is 0. The zero-order valence-corrected chi connectivity index (χ0v) is 23.4. The summed E-state index contributed by atoms with van der Waals surface area (Å²) in [7, 11) is -0.545. The van der Waals surface area contributed by atoms with Crippen LogP contribution in [0.4, 0.5) is 0 Å². The van der Waals surface area contributed by atoms with Crippen molar-refractivity contribution in [2.75, 3.05) is 6.66 Å². The Labute approximate surface area is 234 Å². The van der Waals surface area contributed by atoms with Crippen LogP contribution < -0.4 is 32.5 Å². The number of hydrogen-bond acceptors (Lipinski definition) is 0. The third-order valence-corrected chi connectivity index (χ3v) is 10.0. The molecular weight excluding hydrogens is 486 g/mol. The standard InChI is InChI=1S/C24H20B.C13H13P/c1-5-13-21(14-6-1)25(22-15-7-2-8-16-22,23-17-9-3-10-18-23)24-19-11-4-12-20-24;1-14(12-8-4-2-5-9-12)13-10-6-3-7-11-13/h1-20H;2-11H,1H3/q-1;/p+1. The minimum Gasteiger partial charge on any atom is -0.195 e. The van der Waals surface area contributed by atoms with Crippen LogP contribution in [0.3, 0.4) is 0 Å². The molecule has 0 saturated carbocycles. The third-order valence-electron chi connectivity index (χ3n) is 7.61. The summed E-state index contributed by atoms with van der Waals surface area (Å²) in [5.41, 5.74) is 5.36. The molecule has 0 aliphatic rings. The summed E-state index contributed by atoms with van der Waals surface area (Å²) in [5.74, 6) is 0. The summed E-state index contributed by atoms with van der Waals surface area (Å²) in [5, 5.41) is 2.95. The first-order valence-electron chi connectivity index (χ1n) is 13.6. The molecule has 0 aliphatic heterocycles. The summed E-state index contributed by atoms with van der Waals surface area (Å²) < 4.78 is 0. The minimum atomic E-state index is -1.22. The van der Waals surface area contributed by atoms with E-state index in [4.69, 9.17) is 0 Å². The lowest BCUT2D eigenvalue weighted by atomic mass is 9.13. The maximum atomic E-state index is 2.34. The average Bonchev–Trinajstić information content (AvgIpc) is 3.04. The van der Waals surface area contributed by atoms with Crippen molar-refractivity contribution in [1.29, 1.82) is 0 Å². The van der Waals surface area contributed by atoms with E-state index in [9.17, 15) is 0 Å². The van der Waals surface area contributed by atoms with Crippen molar-refractivity contribution in [2.24, 2.45) is 0 Å². The van der Waals surface area contributed by atoms with Crippen LogP contribution in [0.1, 0.15) is 0 Å². The van der Waals surface area contributed by atoms with Gasteiger partial charge in [0.1, 0.15) is 6.15 Å². The Bertz CT molecular complexity index is 1320. The summed E-state index contributed by atoms with van der Waals surface area (Å²) in [6.45, 7) is 2.34. The topological polar surface area (TPSA) is 0 Å². The van der Waals surface area contributed by atoms with Gasteiger partial charge in [-0.15, -0.1) is 0 Å². The lowest BCUT2D eigenvalue weighted by molar-refractivity contribution is 1.66. The molecule has 0 radical (unpaired) electrons. The van der Waals surface area contributed by atoms with E-state index in [2.05, 4.69) is 189 Å². The van der Waals surface area contributed by atoms with E-state index in [0.717, 1.165) is 0 Å². The summed E-state index contributed by atoms with van der Waals surface area (Å²) in [4.78, 5) is 0. The molecule has 6 aromatic rings. The van der Waals surface area contributed by atoms with E-state index >= 15 is 0 Å². The maximum Gasteiger partial charge on any atom is 0.108 e. The Morgan fingerprint density at radius 2 is 0.513 bits per heavy atom. The number of benzene rings is 6. The Kier molecular flexibility index (Phi) is 8.84.